The highest BCUT2D eigenvalue weighted by Gasteiger charge is 2.26. The fourth-order valence-corrected chi connectivity index (χ4v) is 0.933. The van der Waals surface area contributed by atoms with Crippen LogP contribution >= 0.6 is 0 Å². The van der Waals surface area contributed by atoms with Gasteiger partial charge in [0.2, 0.25) is 5.88 Å². The van der Waals surface area contributed by atoms with E-state index < -0.39 is 0 Å². The van der Waals surface area contributed by atoms with Crippen molar-refractivity contribution in [2.45, 2.75) is 12.8 Å². The molecule has 72 valence electrons. The molecule has 1 aliphatic rings. The second-order valence-electron chi connectivity index (χ2n) is 3.13. The Bertz CT molecular complexity index is 242. The highest BCUT2D eigenvalue weighted by molar-refractivity contribution is 5.79. The summed E-state index contributed by atoms with van der Waals surface area (Å²) in [7, 11) is 3.59. The Labute approximate surface area is 78.0 Å². The Morgan fingerprint density at radius 2 is 2.15 bits per heavy atom. The number of rotatable bonds is 3. The van der Waals surface area contributed by atoms with E-state index in [1.54, 1.807) is 19.0 Å². The van der Waals surface area contributed by atoms with Crippen LogP contribution in [0, 0.1) is 0 Å². The number of hydrogen-bond donors (Lipinski definition) is 0. The third-order valence-corrected chi connectivity index (χ3v) is 1.84. The predicted molar refractivity (Wildman–Crippen MR) is 49.1 cm³/mol. The molecule has 0 spiro atoms. The minimum absolute atomic E-state index is 0.0620. The van der Waals surface area contributed by atoms with Gasteiger partial charge in [-0.2, -0.15) is 0 Å². The van der Waals surface area contributed by atoms with Crippen molar-refractivity contribution in [2.24, 2.45) is 0 Å². The molecule has 0 aromatic rings. The second kappa shape index (κ2) is 3.51. The summed E-state index contributed by atoms with van der Waals surface area (Å²) in [4.78, 5) is 18.1. The molecular weight excluding hydrogens is 168 g/mol. The van der Waals surface area contributed by atoms with Crippen LogP contribution in [0.5, 0.6) is 0 Å². The zero-order valence-corrected chi connectivity index (χ0v) is 8.04. The zero-order chi connectivity index (χ0) is 10.0. The fourth-order valence-electron chi connectivity index (χ4n) is 0.933. The first-order valence-corrected chi connectivity index (χ1v) is 4.07. The summed E-state index contributed by atoms with van der Waals surface area (Å²) in [6.45, 7) is 7.37. The van der Waals surface area contributed by atoms with Gasteiger partial charge in [-0.05, 0) is 13.0 Å². The SMILES string of the molecule is C=C(ON1C(=C)CCC1=O)N(C)C. The van der Waals surface area contributed by atoms with Crippen LogP contribution in [0.2, 0.25) is 0 Å². The monoisotopic (exact) mass is 182 g/mol. The van der Waals surface area contributed by atoms with Crippen LogP contribution in [0.3, 0.4) is 0 Å². The fraction of sp³-hybridized carbons (Fsp3) is 0.444. The molecule has 0 aromatic carbocycles. The van der Waals surface area contributed by atoms with Crippen molar-refractivity contribution < 1.29 is 9.63 Å². The first-order valence-electron chi connectivity index (χ1n) is 4.07. The lowest BCUT2D eigenvalue weighted by Gasteiger charge is -2.22. The number of hydrogen-bond acceptors (Lipinski definition) is 3. The van der Waals surface area contributed by atoms with Gasteiger partial charge in [0.25, 0.3) is 5.91 Å². The van der Waals surface area contributed by atoms with Gasteiger partial charge in [0.1, 0.15) is 0 Å². The van der Waals surface area contributed by atoms with Gasteiger partial charge < -0.3 is 9.74 Å². The number of nitrogens with zero attached hydrogens (tertiary/aromatic N) is 2. The standard InChI is InChI=1S/C9H14N2O2/c1-7-5-6-9(12)11(7)13-8(2)10(3)4/h1-2,5-6H2,3-4H3. The molecular formula is C9H14N2O2. The van der Waals surface area contributed by atoms with Crippen LogP contribution in [0.4, 0.5) is 0 Å². The molecule has 0 saturated carbocycles. The summed E-state index contributed by atoms with van der Waals surface area (Å²) in [6, 6.07) is 0. The van der Waals surface area contributed by atoms with E-state index in [2.05, 4.69) is 13.2 Å². The number of carbonyl (C=O) groups is 1. The maximum atomic E-state index is 11.2. The van der Waals surface area contributed by atoms with Gasteiger partial charge in [-0.1, -0.05) is 6.58 Å². The van der Waals surface area contributed by atoms with Crippen LogP contribution in [0.1, 0.15) is 12.8 Å². The van der Waals surface area contributed by atoms with Gasteiger partial charge in [-0.3, -0.25) is 4.79 Å². The van der Waals surface area contributed by atoms with Crippen LogP contribution < -0.4 is 0 Å². The molecule has 0 aliphatic carbocycles. The second-order valence-corrected chi connectivity index (χ2v) is 3.13. The van der Waals surface area contributed by atoms with E-state index in [9.17, 15) is 4.79 Å². The third-order valence-electron chi connectivity index (χ3n) is 1.84. The molecule has 1 aliphatic heterocycles. The van der Waals surface area contributed by atoms with Crippen LogP contribution in [0.15, 0.2) is 24.7 Å². The van der Waals surface area contributed by atoms with Crippen LogP contribution in [0.25, 0.3) is 0 Å². The molecule has 1 amide bonds. The molecule has 0 bridgehead atoms. The molecule has 1 rings (SSSR count). The molecule has 0 aromatic heterocycles. The number of amides is 1. The Kier molecular flexibility index (Phi) is 2.60. The van der Waals surface area contributed by atoms with Crippen molar-refractivity contribution in [3.8, 4) is 0 Å². The van der Waals surface area contributed by atoms with E-state index in [-0.39, 0.29) is 5.91 Å². The predicted octanol–water partition coefficient (Wildman–Crippen LogP) is 1.09. The molecule has 0 radical (unpaired) electrons. The van der Waals surface area contributed by atoms with Crippen molar-refractivity contribution >= 4 is 5.91 Å². The summed E-state index contributed by atoms with van der Waals surface area (Å²) < 4.78 is 0. The number of carbonyl (C=O) groups excluding carboxylic acids is 1. The average molecular weight is 182 g/mol. The Morgan fingerprint density at radius 3 is 2.54 bits per heavy atom. The number of allylic oxidation sites excluding steroid dienone is 1. The summed E-state index contributed by atoms with van der Waals surface area (Å²) >= 11 is 0. The molecule has 1 saturated heterocycles. The maximum Gasteiger partial charge on any atom is 0.260 e. The summed E-state index contributed by atoms with van der Waals surface area (Å²) in [5, 5.41) is 1.21. The largest absolute Gasteiger partial charge is 0.355 e. The van der Waals surface area contributed by atoms with Gasteiger partial charge in [-0.15, -0.1) is 5.06 Å². The summed E-state index contributed by atoms with van der Waals surface area (Å²) in [6.07, 6.45) is 1.14. The zero-order valence-electron chi connectivity index (χ0n) is 8.04. The van der Waals surface area contributed by atoms with Crippen LogP contribution in [-0.2, 0) is 9.63 Å². The van der Waals surface area contributed by atoms with Crippen molar-refractivity contribution in [3.63, 3.8) is 0 Å². The van der Waals surface area contributed by atoms with Gasteiger partial charge in [0.15, 0.2) is 0 Å². The molecule has 1 heterocycles. The van der Waals surface area contributed by atoms with Gasteiger partial charge in [0, 0.05) is 20.5 Å². The van der Waals surface area contributed by atoms with E-state index >= 15 is 0 Å². The Morgan fingerprint density at radius 1 is 1.54 bits per heavy atom. The Hall–Kier alpha value is -1.45. The minimum atomic E-state index is -0.0620. The average Bonchev–Trinajstić information content (AvgIpc) is 2.35. The maximum absolute atomic E-state index is 11.2. The van der Waals surface area contributed by atoms with Gasteiger partial charge in [0.05, 0.1) is 5.70 Å². The summed E-state index contributed by atoms with van der Waals surface area (Å²) in [5.74, 6) is 0.365. The topological polar surface area (TPSA) is 32.8 Å². The van der Waals surface area contributed by atoms with Gasteiger partial charge in [-0.25, -0.2) is 0 Å². The lowest BCUT2D eigenvalue weighted by molar-refractivity contribution is -0.161. The highest BCUT2D eigenvalue weighted by Crippen LogP contribution is 2.22. The highest BCUT2D eigenvalue weighted by atomic mass is 16.7. The molecule has 4 heteroatoms. The van der Waals surface area contributed by atoms with E-state index in [4.69, 9.17) is 4.84 Å². The number of hydroxylamine groups is 2. The van der Waals surface area contributed by atoms with Gasteiger partial charge >= 0.3 is 0 Å². The first-order chi connectivity index (χ1) is 6.02. The lowest BCUT2D eigenvalue weighted by atomic mass is 10.3. The van der Waals surface area contributed by atoms with E-state index in [0.717, 1.165) is 0 Å². The van der Waals surface area contributed by atoms with Crippen LogP contribution in [-0.4, -0.2) is 30.0 Å². The lowest BCUT2D eigenvalue weighted by Crippen LogP contribution is -2.27. The van der Waals surface area contributed by atoms with Crippen molar-refractivity contribution in [1.82, 2.24) is 9.96 Å². The normalized spacial score (nSPS) is 16.3. The van der Waals surface area contributed by atoms with E-state index in [1.165, 1.54) is 5.06 Å². The Balaban J connectivity index is 2.58. The van der Waals surface area contributed by atoms with E-state index in [1.807, 2.05) is 0 Å². The smallest absolute Gasteiger partial charge is 0.260 e. The quantitative estimate of drug-likeness (QED) is 0.612. The molecule has 1 fully saturated rings. The van der Waals surface area contributed by atoms with Crippen molar-refractivity contribution in [1.29, 1.82) is 0 Å². The third kappa shape index (κ3) is 2.02. The van der Waals surface area contributed by atoms with Crippen molar-refractivity contribution in [2.75, 3.05) is 14.1 Å². The molecule has 4 nitrogen and oxygen atoms in total. The molecule has 0 atom stereocenters. The summed E-state index contributed by atoms with van der Waals surface area (Å²) in [5.41, 5.74) is 0.688. The minimum Gasteiger partial charge on any atom is -0.355 e. The first kappa shape index (κ1) is 9.64. The molecule has 13 heavy (non-hydrogen) atoms. The van der Waals surface area contributed by atoms with Crippen molar-refractivity contribution in [3.05, 3.63) is 24.7 Å². The van der Waals surface area contributed by atoms with E-state index in [0.29, 0.717) is 24.4 Å². The molecule has 0 N–H and O–H groups in total. The molecule has 0 unspecified atom stereocenters.